The van der Waals surface area contributed by atoms with E-state index in [9.17, 15) is 0 Å². The van der Waals surface area contributed by atoms with Gasteiger partial charge in [-0.2, -0.15) is 0 Å². The molecule has 4 fully saturated rings. The third-order valence-electron chi connectivity index (χ3n) is 11.3. The van der Waals surface area contributed by atoms with E-state index in [2.05, 4.69) is 117 Å². The molecular weight excluding hydrogens is 1000 g/mol. The number of anilines is 4. The predicted molar refractivity (Wildman–Crippen MR) is 242 cm³/mol. The molecule has 0 saturated carbocycles. The molecule has 4 aromatic heterocycles. The lowest BCUT2D eigenvalue weighted by atomic mass is 9.92. The van der Waals surface area contributed by atoms with Crippen molar-refractivity contribution in [3.63, 3.8) is 0 Å². The number of thiophene rings is 4. The van der Waals surface area contributed by atoms with Crippen molar-refractivity contribution in [2.75, 3.05) is 125 Å². The molecule has 0 unspecified atom stereocenters. The highest BCUT2D eigenvalue weighted by Gasteiger charge is 2.31. The number of hydrogen-bond donors (Lipinski definition) is 0. The van der Waals surface area contributed by atoms with Crippen LogP contribution in [-0.2, 0) is 18.9 Å². The third kappa shape index (κ3) is 14.2. The van der Waals surface area contributed by atoms with Crippen LogP contribution >= 0.6 is 45.3 Å². The van der Waals surface area contributed by atoms with Crippen LogP contribution in [0.15, 0.2) is 97.1 Å². The lowest BCUT2D eigenvalue weighted by Gasteiger charge is -2.27. The Morgan fingerprint density at radius 2 is 0.529 bits per heavy atom. The summed E-state index contributed by atoms with van der Waals surface area (Å²) in [5.41, 5.74) is 4.91. The number of nitrogens with zero attached hydrogens (tertiary/aromatic N) is 4. The molecule has 4 aliphatic heterocycles. The van der Waals surface area contributed by atoms with Gasteiger partial charge in [-0.25, -0.2) is 37.3 Å². The van der Waals surface area contributed by atoms with Gasteiger partial charge in [-0.15, -0.1) is 65.8 Å². The lowest BCUT2D eigenvalue weighted by Crippen LogP contribution is -2.68. The summed E-state index contributed by atoms with van der Waals surface area (Å²) in [6.45, 7) is 13.8. The zero-order chi connectivity index (χ0) is 47.7. The average Bonchev–Trinajstić information content (AvgIpc) is 4.20. The van der Waals surface area contributed by atoms with E-state index in [4.69, 9.17) is 56.2 Å². The number of ether oxygens (including phenoxy) is 4. The smallest absolute Gasteiger partial charge is 0.105 e. The summed E-state index contributed by atoms with van der Waals surface area (Å²) >= 11 is 7.57. The summed E-state index contributed by atoms with van der Waals surface area (Å²) in [4.78, 5) is 15.0. The Kier molecular flexibility index (Phi) is 17.5. The zero-order valence-corrected chi connectivity index (χ0v) is 41.4. The highest BCUT2D eigenvalue weighted by atomic mass is 35.7. The largest absolute Gasteiger partial charge is 0.378 e. The molecule has 6 aromatic rings. The number of halogens is 2. The maximum Gasteiger partial charge on any atom is 0.105 e. The van der Waals surface area contributed by atoms with Gasteiger partial charge in [0.15, 0.2) is 0 Å². The van der Waals surface area contributed by atoms with Gasteiger partial charge in [0.1, 0.15) is 39.5 Å². The molecule has 0 radical (unpaired) electrons. The van der Waals surface area contributed by atoms with Crippen LogP contribution in [0.25, 0.3) is 11.1 Å². The zero-order valence-electron chi connectivity index (χ0n) is 36.6. The molecular formula is C46H48Cl2N4O12S4. The van der Waals surface area contributed by atoms with E-state index >= 15 is 0 Å². The van der Waals surface area contributed by atoms with Gasteiger partial charge in [0.25, 0.3) is 0 Å². The molecule has 0 bridgehead atoms. The number of rotatable bonds is 11. The first-order valence-corrected chi connectivity index (χ1v) is 27.4. The van der Waals surface area contributed by atoms with Crippen LogP contribution in [-0.4, -0.2) is 105 Å². The van der Waals surface area contributed by atoms with Crippen molar-refractivity contribution in [2.45, 2.75) is 0 Å². The predicted octanol–water partition coefficient (Wildman–Crippen LogP) is -0.528. The molecule has 0 atom stereocenters. The van der Waals surface area contributed by atoms with Crippen LogP contribution < -0.4 is 56.9 Å². The summed E-state index contributed by atoms with van der Waals surface area (Å²) in [5.74, 6) is 2.60. The van der Waals surface area contributed by atoms with Crippen molar-refractivity contribution in [2.24, 2.45) is 0 Å². The van der Waals surface area contributed by atoms with Crippen molar-refractivity contribution in [1.29, 1.82) is 0 Å². The van der Waals surface area contributed by atoms with Crippen LogP contribution in [0.1, 0.15) is 30.6 Å². The summed E-state index contributed by atoms with van der Waals surface area (Å²) in [6, 6.07) is 36.9. The Bertz CT molecular complexity index is 2160. The maximum absolute atomic E-state index is 8.49. The molecule has 22 heteroatoms. The van der Waals surface area contributed by atoms with Gasteiger partial charge < -0.3 is 38.5 Å². The van der Waals surface area contributed by atoms with Crippen molar-refractivity contribution < 1.29 is 76.7 Å². The normalized spacial score (nSPS) is 17.0. The van der Waals surface area contributed by atoms with Crippen molar-refractivity contribution in [3.05, 3.63) is 140 Å². The molecule has 16 nitrogen and oxygen atoms in total. The van der Waals surface area contributed by atoms with E-state index in [-0.39, 0.29) is 0 Å². The van der Waals surface area contributed by atoms with E-state index in [0.717, 1.165) is 105 Å². The lowest BCUT2D eigenvalue weighted by molar-refractivity contribution is -2.00. The van der Waals surface area contributed by atoms with Gasteiger partial charge in [0.2, 0.25) is 0 Å². The fourth-order valence-corrected chi connectivity index (χ4v) is 12.8. The minimum atomic E-state index is -4.94. The van der Waals surface area contributed by atoms with Crippen molar-refractivity contribution in [1.82, 2.24) is 0 Å². The first-order valence-electron chi connectivity index (χ1n) is 21.6. The summed E-state index contributed by atoms with van der Waals surface area (Å²) in [7, 11) is -9.89. The summed E-state index contributed by atoms with van der Waals surface area (Å²) < 4.78 is 90.6. The van der Waals surface area contributed by atoms with Gasteiger partial charge in [-0.05, 0) is 35.4 Å². The Morgan fingerprint density at radius 1 is 0.324 bits per heavy atom. The molecule has 10 rings (SSSR count). The Balaban J connectivity index is 0.000000569. The van der Waals surface area contributed by atoms with Crippen LogP contribution in [0.2, 0.25) is 0 Å². The Labute approximate surface area is 415 Å². The molecule has 0 spiro atoms. The summed E-state index contributed by atoms with van der Waals surface area (Å²) in [6.07, 6.45) is 0. The molecule has 68 heavy (non-hydrogen) atoms. The minimum absolute atomic E-state index is 0.785. The molecule has 362 valence electrons. The van der Waals surface area contributed by atoms with Crippen LogP contribution in [0.3, 0.4) is 0 Å². The number of benzene rings is 2. The van der Waals surface area contributed by atoms with Crippen molar-refractivity contribution in [3.8, 4) is 11.1 Å². The molecule has 4 aliphatic rings. The van der Waals surface area contributed by atoms with Gasteiger partial charge in [-0.3, -0.25) is 0 Å². The first kappa shape index (κ1) is 50.7. The van der Waals surface area contributed by atoms with E-state index < -0.39 is 20.5 Å². The number of morpholine rings is 4. The number of hydrogen-bond acceptors (Lipinski definition) is 20. The summed E-state index contributed by atoms with van der Waals surface area (Å²) in [5, 5.41) is 5.25. The Morgan fingerprint density at radius 3 is 0.735 bits per heavy atom. The average molecular weight is 1050 g/mol. The first-order chi connectivity index (χ1) is 32.7. The van der Waals surface area contributed by atoms with Gasteiger partial charge in [0.05, 0.1) is 75.8 Å². The second-order valence-corrected chi connectivity index (χ2v) is 21.4. The van der Waals surface area contributed by atoms with Gasteiger partial charge in [0, 0.05) is 125 Å². The van der Waals surface area contributed by atoms with E-state index in [1.807, 2.05) is 45.3 Å². The monoisotopic (exact) mass is 1050 g/mol. The quantitative estimate of drug-likeness (QED) is 0.149. The van der Waals surface area contributed by atoms with Crippen molar-refractivity contribution >= 4 is 65.4 Å². The van der Waals surface area contributed by atoms with Crippen LogP contribution in [0.4, 0.5) is 20.0 Å². The van der Waals surface area contributed by atoms with Gasteiger partial charge >= 0.3 is 0 Å². The Hall–Kier alpha value is -3.72. The van der Waals surface area contributed by atoms with Crippen LogP contribution in [0.5, 0.6) is 0 Å². The standard InChI is InChI=1S/C46H48N4O4S4.2ClHO4/c1-5-35(45(37-9-13-41(55-37)47-17-25-51-26-18-47)38-10-14-42(56-38)48-19-27-52-28-20-48)6-2-33(1)34-3-7-36(8-4-34)46(39-11-15-43(57-39)49-21-29-53-30-22-49)40-12-16-44(58-40)50-23-31-54-32-24-50;2*2-1(3,4)5/h1-16H,17-32H2;2*(H,2,3,4,5)/q+2;;/p-2. The van der Waals surface area contributed by atoms with E-state index in [1.165, 1.54) is 73.6 Å². The van der Waals surface area contributed by atoms with E-state index in [0.29, 0.717) is 0 Å². The molecule has 0 N–H and O–H groups in total. The molecule has 2 aromatic carbocycles. The molecule has 8 heterocycles. The highest BCUT2D eigenvalue weighted by molar-refractivity contribution is 7.19. The second-order valence-electron chi connectivity index (χ2n) is 15.6. The SMILES string of the molecule is [O-][Cl+3]([O-])([O-])[O-].[O-][Cl+3]([O-])([O-])[O-].c1cc([C+](c2ccc(N3CCOCC3)s2)c2ccc(N3CCOCC3)s2)ccc1-c1ccc([C+](c2ccc(N3CCOCC3)s2)c2ccc(N3CCOCC3)s2)cc1. The fourth-order valence-electron chi connectivity index (χ4n) is 8.13. The van der Waals surface area contributed by atoms with E-state index in [1.54, 1.807) is 0 Å². The highest BCUT2D eigenvalue weighted by Crippen LogP contribution is 2.45. The second kappa shape index (κ2) is 23.5. The minimum Gasteiger partial charge on any atom is -0.378 e. The molecule has 0 amide bonds. The van der Waals surface area contributed by atoms with Crippen LogP contribution in [0, 0.1) is 32.3 Å². The third-order valence-corrected chi connectivity index (χ3v) is 16.0. The molecule has 0 aliphatic carbocycles. The van der Waals surface area contributed by atoms with Gasteiger partial charge in [-0.1, -0.05) is 0 Å². The topological polar surface area (TPSA) is 234 Å². The maximum atomic E-state index is 8.49. The fraction of sp³-hybridized carbons (Fsp3) is 0.348. The molecule has 4 saturated heterocycles.